The molecule has 4 rings (SSSR count). The molecular weight excluding hydrogens is 502 g/mol. The van der Waals surface area contributed by atoms with Crippen molar-refractivity contribution in [2.45, 2.75) is 43.1 Å². The largest absolute Gasteiger partial charge is 0.306 e. The quantitative estimate of drug-likeness (QED) is 0.300. The highest BCUT2D eigenvalue weighted by molar-refractivity contribution is 7.98. The summed E-state index contributed by atoms with van der Waals surface area (Å²) in [6, 6.07) is 11.9. The molecule has 36 heavy (non-hydrogen) atoms. The van der Waals surface area contributed by atoms with Gasteiger partial charge in [0.05, 0.1) is 21.2 Å². The molecule has 0 saturated heterocycles. The molecule has 2 aromatic carbocycles. The molecule has 0 fully saturated rings. The average molecular weight is 530 g/mol. The van der Waals surface area contributed by atoms with Crippen LogP contribution in [0.3, 0.4) is 0 Å². The van der Waals surface area contributed by atoms with Gasteiger partial charge in [0.25, 0.3) is 11.6 Å². The van der Waals surface area contributed by atoms with Gasteiger partial charge in [0, 0.05) is 47.9 Å². The van der Waals surface area contributed by atoms with E-state index in [1.54, 1.807) is 28.6 Å². The Kier molecular flexibility index (Phi) is 7.76. The van der Waals surface area contributed by atoms with Crippen molar-refractivity contribution in [1.29, 1.82) is 0 Å². The van der Waals surface area contributed by atoms with Gasteiger partial charge < -0.3 is 5.32 Å². The van der Waals surface area contributed by atoms with E-state index in [4.69, 9.17) is 0 Å². The van der Waals surface area contributed by atoms with E-state index >= 15 is 0 Å². The van der Waals surface area contributed by atoms with Gasteiger partial charge in [0.2, 0.25) is 10.0 Å². The summed E-state index contributed by atoms with van der Waals surface area (Å²) in [4.78, 5) is 23.8. The number of sulfonamides is 1. The zero-order chi connectivity index (χ0) is 25.9. The minimum absolute atomic E-state index is 0.0360. The van der Waals surface area contributed by atoms with Crippen molar-refractivity contribution in [3.8, 4) is 5.69 Å². The number of benzene rings is 2. The molecule has 0 atom stereocenters. The first-order valence-electron chi connectivity index (χ1n) is 11.6. The van der Waals surface area contributed by atoms with E-state index in [-0.39, 0.29) is 10.6 Å². The Balaban J connectivity index is 1.59. The van der Waals surface area contributed by atoms with Gasteiger partial charge in [-0.15, -0.1) is 0 Å². The number of anilines is 1. The van der Waals surface area contributed by atoms with Crippen molar-refractivity contribution in [3.63, 3.8) is 0 Å². The molecule has 10 nitrogen and oxygen atoms in total. The van der Waals surface area contributed by atoms with Gasteiger partial charge in [-0.3, -0.25) is 14.9 Å². The van der Waals surface area contributed by atoms with Crippen LogP contribution in [0.5, 0.6) is 0 Å². The molecule has 0 bridgehead atoms. The van der Waals surface area contributed by atoms with Gasteiger partial charge in [0.15, 0.2) is 0 Å². The summed E-state index contributed by atoms with van der Waals surface area (Å²) >= 11 is 1.68. The first kappa shape index (κ1) is 25.9. The summed E-state index contributed by atoms with van der Waals surface area (Å²) in [5.41, 5.74) is 2.61. The molecule has 0 aliphatic carbocycles. The van der Waals surface area contributed by atoms with Crippen molar-refractivity contribution in [1.82, 2.24) is 14.1 Å². The van der Waals surface area contributed by atoms with E-state index in [9.17, 15) is 23.3 Å². The van der Waals surface area contributed by atoms with Gasteiger partial charge in [-0.05, 0) is 49.2 Å². The van der Waals surface area contributed by atoms with Gasteiger partial charge in [-0.2, -0.15) is 21.2 Å². The minimum atomic E-state index is -3.64. The van der Waals surface area contributed by atoms with Crippen LogP contribution in [0.1, 0.15) is 48.3 Å². The molecule has 1 N–H and O–H groups in total. The fourth-order valence-electron chi connectivity index (χ4n) is 4.00. The molecule has 0 radical (unpaired) electrons. The first-order valence-corrected chi connectivity index (χ1v) is 14.2. The Labute approximate surface area is 213 Å². The normalized spacial score (nSPS) is 13.1. The van der Waals surface area contributed by atoms with Crippen LogP contribution in [0.4, 0.5) is 11.5 Å². The molecule has 2 heterocycles. The van der Waals surface area contributed by atoms with Crippen LogP contribution in [0, 0.1) is 10.1 Å². The van der Waals surface area contributed by atoms with Gasteiger partial charge in [-0.1, -0.05) is 13.8 Å². The van der Waals surface area contributed by atoms with Gasteiger partial charge >= 0.3 is 0 Å². The molecule has 1 aliphatic rings. The second-order valence-corrected chi connectivity index (χ2v) is 11.3. The molecule has 190 valence electrons. The van der Waals surface area contributed by atoms with Crippen molar-refractivity contribution >= 4 is 39.2 Å². The minimum Gasteiger partial charge on any atom is -0.306 e. The lowest BCUT2D eigenvalue weighted by Gasteiger charge is -2.21. The number of amides is 1. The summed E-state index contributed by atoms with van der Waals surface area (Å²) < 4.78 is 29.1. The Morgan fingerprint density at radius 2 is 1.72 bits per heavy atom. The van der Waals surface area contributed by atoms with Crippen LogP contribution in [-0.2, 0) is 21.5 Å². The number of hydrogen-bond donors (Lipinski definition) is 1. The highest BCUT2D eigenvalue weighted by Crippen LogP contribution is 2.36. The summed E-state index contributed by atoms with van der Waals surface area (Å²) in [5, 5.41) is 18.5. The highest BCUT2D eigenvalue weighted by atomic mass is 32.2. The summed E-state index contributed by atoms with van der Waals surface area (Å²) in [7, 11) is -3.64. The smallest absolute Gasteiger partial charge is 0.269 e. The predicted octanol–water partition coefficient (Wildman–Crippen LogP) is 4.59. The number of rotatable bonds is 10. The molecule has 1 amide bonds. The Morgan fingerprint density at radius 1 is 1.08 bits per heavy atom. The third-order valence-electron chi connectivity index (χ3n) is 5.79. The number of nitro benzene ring substituents is 1. The molecule has 1 aliphatic heterocycles. The van der Waals surface area contributed by atoms with Crippen LogP contribution in [-0.4, -0.2) is 46.4 Å². The van der Waals surface area contributed by atoms with Gasteiger partial charge in [-0.25, -0.2) is 13.1 Å². The van der Waals surface area contributed by atoms with Crippen LogP contribution < -0.4 is 5.32 Å². The lowest BCUT2D eigenvalue weighted by Crippen LogP contribution is -2.32. The molecule has 0 saturated carbocycles. The van der Waals surface area contributed by atoms with Gasteiger partial charge in [0.1, 0.15) is 5.82 Å². The van der Waals surface area contributed by atoms with Crippen LogP contribution in [0.2, 0.25) is 0 Å². The number of non-ortho nitro benzene ring substituents is 1. The van der Waals surface area contributed by atoms with E-state index in [1.807, 2.05) is 13.8 Å². The van der Waals surface area contributed by atoms with E-state index in [1.165, 1.54) is 40.7 Å². The zero-order valence-electron chi connectivity index (χ0n) is 20.0. The second-order valence-electron chi connectivity index (χ2n) is 8.33. The third kappa shape index (κ3) is 5.15. The Hall–Kier alpha value is -3.22. The number of nitro groups is 1. The van der Waals surface area contributed by atoms with E-state index in [0.29, 0.717) is 54.5 Å². The number of nitrogens with zero attached hydrogens (tertiary/aromatic N) is 4. The molecule has 12 heteroatoms. The monoisotopic (exact) mass is 529 g/mol. The molecule has 3 aromatic rings. The fourth-order valence-corrected chi connectivity index (χ4v) is 6.66. The standard InChI is InChI=1S/C24H27N5O5S2/c1-3-13-27(14-4-2)36(33,34)20-11-5-17(6-12-20)24(30)25-23-21-15-35-16-22(21)26-28(23)18-7-9-19(10-8-18)29(31)32/h5-12H,3-4,13-16H2,1-2H3,(H,25,30). The second kappa shape index (κ2) is 10.8. The first-order chi connectivity index (χ1) is 17.3. The predicted molar refractivity (Wildman–Crippen MR) is 139 cm³/mol. The van der Waals surface area contributed by atoms with Crippen molar-refractivity contribution < 1.29 is 18.1 Å². The molecule has 0 spiro atoms. The lowest BCUT2D eigenvalue weighted by molar-refractivity contribution is -0.384. The maximum Gasteiger partial charge on any atom is 0.269 e. The van der Waals surface area contributed by atoms with Crippen LogP contribution in [0.25, 0.3) is 5.69 Å². The molecule has 1 aromatic heterocycles. The SMILES string of the molecule is CCCN(CCC)S(=O)(=O)c1ccc(C(=O)Nc2c3c(nn2-c2ccc([N+](=O)[O-])cc2)CSC3)cc1. The number of fused-ring (bicyclic) bond motifs is 1. The van der Waals surface area contributed by atoms with E-state index < -0.39 is 20.9 Å². The maximum absolute atomic E-state index is 13.1. The van der Waals surface area contributed by atoms with Crippen molar-refractivity contribution in [3.05, 3.63) is 75.5 Å². The Morgan fingerprint density at radius 3 is 2.31 bits per heavy atom. The summed E-state index contributed by atoms with van der Waals surface area (Å²) in [5.74, 6) is 1.49. The van der Waals surface area contributed by atoms with Crippen molar-refractivity contribution in [2.24, 2.45) is 0 Å². The third-order valence-corrected chi connectivity index (χ3v) is 8.67. The Bertz CT molecular complexity index is 1360. The molecule has 0 unspecified atom stereocenters. The number of carbonyl (C=O) groups is 1. The number of thioether (sulfide) groups is 1. The number of carbonyl (C=O) groups excluding carboxylic acids is 1. The van der Waals surface area contributed by atoms with E-state index in [0.717, 1.165) is 11.3 Å². The zero-order valence-corrected chi connectivity index (χ0v) is 21.6. The fraction of sp³-hybridized carbons (Fsp3) is 0.333. The summed E-state index contributed by atoms with van der Waals surface area (Å²) in [6.45, 7) is 4.74. The number of hydrogen-bond acceptors (Lipinski definition) is 7. The summed E-state index contributed by atoms with van der Waals surface area (Å²) in [6.07, 6.45) is 1.43. The average Bonchev–Trinajstić information content (AvgIpc) is 3.46. The number of aromatic nitrogens is 2. The number of nitrogens with one attached hydrogen (secondary N) is 1. The van der Waals surface area contributed by atoms with E-state index in [2.05, 4.69) is 10.4 Å². The van der Waals surface area contributed by atoms with Crippen molar-refractivity contribution in [2.75, 3.05) is 18.4 Å². The lowest BCUT2D eigenvalue weighted by atomic mass is 10.2. The molecular formula is C24H27N5O5S2. The maximum atomic E-state index is 13.1. The highest BCUT2D eigenvalue weighted by Gasteiger charge is 2.26. The van der Waals surface area contributed by atoms with Crippen LogP contribution in [0.15, 0.2) is 53.4 Å². The van der Waals surface area contributed by atoms with Crippen LogP contribution >= 0.6 is 11.8 Å². The topological polar surface area (TPSA) is 127 Å².